The number of carbonyl (C=O) groups is 3. The van der Waals surface area contributed by atoms with Crippen molar-refractivity contribution in [3.63, 3.8) is 0 Å². The van der Waals surface area contributed by atoms with Crippen LogP contribution in [0, 0.1) is 5.92 Å². The largest absolute Gasteiger partial charge is 0.497 e. The Morgan fingerprint density at radius 2 is 1.97 bits per heavy atom. The van der Waals surface area contributed by atoms with Crippen LogP contribution in [0.4, 0.5) is 0 Å². The van der Waals surface area contributed by atoms with Gasteiger partial charge in [0.05, 0.1) is 19.3 Å². The van der Waals surface area contributed by atoms with Gasteiger partial charge in [0.25, 0.3) is 5.91 Å². The monoisotopic (exact) mass is 458 g/mol. The fourth-order valence-corrected chi connectivity index (χ4v) is 4.71. The average molecular weight is 459 g/mol. The molecule has 180 valence electrons. The molecule has 3 atom stereocenters. The summed E-state index contributed by atoms with van der Waals surface area (Å²) in [6.07, 6.45) is 3.96. The van der Waals surface area contributed by atoms with Gasteiger partial charge in [0.2, 0.25) is 11.8 Å². The molecule has 3 unspecified atom stereocenters. The summed E-state index contributed by atoms with van der Waals surface area (Å²) in [4.78, 5) is 43.0. The number of nitrogens with two attached hydrogens (primary N) is 1. The van der Waals surface area contributed by atoms with Crippen LogP contribution >= 0.6 is 0 Å². The number of nitrogens with zero attached hydrogens (tertiary/aromatic N) is 2. The second kappa shape index (κ2) is 10.5. The zero-order valence-corrected chi connectivity index (χ0v) is 19.2. The molecule has 0 aromatic heterocycles. The van der Waals surface area contributed by atoms with Crippen molar-refractivity contribution in [3.8, 4) is 5.75 Å². The van der Waals surface area contributed by atoms with E-state index in [4.69, 9.17) is 15.2 Å². The maximum Gasteiger partial charge on any atom is 0.254 e. The molecule has 4 rings (SSSR count). The summed E-state index contributed by atoms with van der Waals surface area (Å²) in [6, 6.07) is 6.16. The maximum absolute atomic E-state index is 13.6. The lowest BCUT2D eigenvalue weighted by atomic mass is 10.1. The van der Waals surface area contributed by atoms with Gasteiger partial charge in [-0.2, -0.15) is 0 Å². The van der Waals surface area contributed by atoms with Crippen LogP contribution in [0.3, 0.4) is 0 Å². The third kappa shape index (κ3) is 5.47. The highest BCUT2D eigenvalue weighted by Crippen LogP contribution is 2.35. The molecule has 9 nitrogen and oxygen atoms in total. The molecule has 0 radical (unpaired) electrons. The summed E-state index contributed by atoms with van der Waals surface area (Å²) in [5.41, 5.74) is 6.10. The van der Waals surface area contributed by atoms with Gasteiger partial charge in [-0.3, -0.25) is 14.4 Å². The highest BCUT2D eigenvalue weighted by Gasteiger charge is 2.46. The van der Waals surface area contributed by atoms with Gasteiger partial charge in [-0.1, -0.05) is 0 Å². The van der Waals surface area contributed by atoms with E-state index in [2.05, 4.69) is 5.32 Å². The van der Waals surface area contributed by atoms with E-state index in [9.17, 15) is 14.4 Å². The first kappa shape index (κ1) is 23.5. The van der Waals surface area contributed by atoms with Gasteiger partial charge in [0.1, 0.15) is 11.8 Å². The van der Waals surface area contributed by atoms with Crippen LogP contribution in [0.5, 0.6) is 5.75 Å². The Hall–Kier alpha value is -2.65. The molecule has 3 N–H and O–H groups in total. The van der Waals surface area contributed by atoms with Gasteiger partial charge >= 0.3 is 0 Å². The lowest BCUT2D eigenvalue weighted by molar-refractivity contribution is -0.139. The van der Waals surface area contributed by atoms with E-state index in [1.807, 2.05) is 0 Å². The Bertz CT molecular complexity index is 851. The molecule has 1 aromatic carbocycles. The van der Waals surface area contributed by atoms with Crippen LogP contribution in [-0.2, 0) is 14.3 Å². The topological polar surface area (TPSA) is 114 Å². The molecule has 1 saturated carbocycles. The summed E-state index contributed by atoms with van der Waals surface area (Å²) in [7, 11) is 1.58. The van der Waals surface area contributed by atoms with Crippen molar-refractivity contribution in [2.24, 2.45) is 11.7 Å². The fraction of sp³-hybridized carbons (Fsp3) is 0.625. The van der Waals surface area contributed by atoms with Crippen molar-refractivity contribution in [2.45, 2.75) is 50.3 Å². The Labute approximate surface area is 194 Å². The number of methoxy groups -OCH3 is 1. The van der Waals surface area contributed by atoms with E-state index >= 15 is 0 Å². The molecule has 3 amide bonds. The van der Waals surface area contributed by atoms with Gasteiger partial charge in [0, 0.05) is 44.3 Å². The van der Waals surface area contributed by atoms with Crippen LogP contribution in [-0.4, -0.2) is 85.6 Å². The van der Waals surface area contributed by atoms with E-state index in [0.717, 1.165) is 25.7 Å². The number of likely N-dealkylation sites (tertiary alicyclic amines) is 1. The molecule has 3 aliphatic rings. The second-order valence-electron chi connectivity index (χ2n) is 9.07. The normalized spacial score (nSPS) is 24.5. The Morgan fingerprint density at radius 3 is 2.58 bits per heavy atom. The Morgan fingerprint density at radius 1 is 1.21 bits per heavy atom. The molecular formula is C24H34N4O5. The first-order valence-electron chi connectivity index (χ1n) is 11.9. The minimum absolute atomic E-state index is 0.00235. The summed E-state index contributed by atoms with van der Waals surface area (Å²) < 4.78 is 11.0. The number of benzene rings is 1. The molecular weight excluding hydrogens is 424 g/mol. The zero-order valence-electron chi connectivity index (χ0n) is 19.2. The predicted molar refractivity (Wildman–Crippen MR) is 122 cm³/mol. The fourth-order valence-electron chi connectivity index (χ4n) is 4.71. The number of rotatable bonds is 9. The van der Waals surface area contributed by atoms with Crippen molar-refractivity contribution in [1.82, 2.24) is 15.1 Å². The second-order valence-corrected chi connectivity index (χ2v) is 9.07. The number of hydrogen-bond donors (Lipinski definition) is 2. The Balaban J connectivity index is 1.56. The van der Waals surface area contributed by atoms with Gasteiger partial charge in [-0.05, 0) is 56.4 Å². The highest BCUT2D eigenvalue weighted by molar-refractivity contribution is 5.95. The summed E-state index contributed by atoms with van der Waals surface area (Å²) in [5.74, 6) is 0.360. The third-order valence-electron chi connectivity index (χ3n) is 6.70. The molecule has 9 heteroatoms. The molecule has 0 bridgehead atoms. The van der Waals surface area contributed by atoms with Gasteiger partial charge in [-0.25, -0.2) is 0 Å². The summed E-state index contributed by atoms with van der Waals surface area (Å²) >= 11 is 0. The number of nitrogens with one attached hydrogen (secondary N) is 1. The number of carbonyl (C=O) groups excluding carboxylic acids is 3. The lowest BCUT2D eigenvalue weighted by Crippen LogP contribution is -2.47. The van der Waals surface area contributed by atoms with Crippen molar-refractivity contribution < 1.29 is 23.9 Å². The smallest absolute Gasteiger partial charge is 0.254 e. The molecule has 2 saturated heterocycles. The standard InChI is InChI=1S/C24H34N4O5/c1-32-19-8-6-17(7-9-19)23(30)27(15-20-3-2-12-33-20)18-13-21(22(29)26-11-10-25)28(14-18)24(31)16-4-5-16/h6-9,16,18,20-21H,2-5,10-15,25H2,1H3,(H,26,29). The summed E-state index contributed by atoms with van der Waals surface area (Å²) in [5, 5.41) is 2.82. The average Bonchev–Trinajstić information content (AvgIpc) is 3.38. The van der Waals surface area contributed by atoms with Gasteiger partial charge in [0.15, 0.2) is 0 Å². The van der Waals surface area contributed by atoms with Crippen LogP contribution < -0.4 is 15.8 Å². The number of amides is 3. The number of ether oxygens (including phenoxy) is 2. The molecule has 2 aliphatic heterocycles. The zero-order chi connectivity index (χ0) is 23.4. The van der Waals surface area contributed by atoms with Crippen LogP contribution in [0.2, 0.25) is 0 Å². The quantitative estimate of drug-likeness (QED) is 0.565. The van der Waals surface area contributed by atoms with E-state index in [-0.39, 0.29) is 35.8 Å². The minimum Gasteiger partial charge on any atom is -0.497 e. The molecule has 0 spiro atoms. The molecule has 1 aromatic rings. The van der Waals surface area contributed by atoms with Crippen molar-refractivity contribution in [3.05, 3.63) is 29.8 Å². The summed E-state index contributed by atoms with van der Waals surface area (Å²) in [6.45, 7) is 2.18. The van der Waals surface area contributed by atoms with Crippen molar-refractivity contribution >= 4 is 17.7 Å². The van der Waals surface area contributed by atoms with Crippen LogP contribution in [0.25, 0.3) is 0 Å². The number of hydrogen-bond acceptors (Lipinski definition) is 6. The maximum atomic E-state index is 13.6. The molecule has 33 heavy (non-hydrogen) atoms. The van der Waals surface area contributed by atoms with Crippen LogP contribution in [0.15, 0.2) is 24.3 Å². The Kier molecular flexibility index (Phi) is 7.49. The third-order valence-corrected chi connectivity index (χ3v) is 6.70. The van der Waals surface area contributed by atoms with E-state index in [1.54, 1.807) is 41.2 Å². The van der Waals surface area contributed by atoms with Crippen molar-refractivity contribution in [1.29, 1.82) is 0 Å². The van der Waals surface area contributed by atoms with E-state index in [0.29, 0.717) is 50.5 Å². The van der Waals surface area contributed by atoms with Gasteiger partial charge in [-0.15, -0.1) is 0 Å². The first-order chi connectivity index (χ1) is 16.0. The predicted octanol–water partition coefficient (Wildman–Crippen LogP) is 0.771. The SMILES string of the molecule is COc1ccc(C(=O)N(CC2CCCO2)C2CC(C(=O)NCCN)N(C(=O)C3CC3)C2)cc1. The van der Waals surface area contributed by atoms with Crippen molar-refractivity contribution in [2.75, 3.05) is 39.9 Å². The van der Waals surface area contributed by atoms with E-state index in [1.165, 1.54) is 0 Å². The minimum atomic E-state index is -0.592. The van der Waals surface area contributed by atoms with E-state index < -0.39 is 6.04 Å². The highest BCUT2D eigenvalue weighted by atomic mass is 16.5. The molecule has 2 heterocycles. The van der Waals surface area contributed by atoms with Gasteiger partial charge < -0.3 is 30.3 Å². The molecule has 1 aliphatic carbocycles. The lowest BCUT2D eigenvalue weighted by Gasteiger charge is -2.31. The van der Waals surface area contributed by atoms with Crippen LogP contribution in [0.1, 0.15) is 42.5 Å². The first-order valence-corrected chi connectivity index (χ1v) is 11.9. The molecule has 3 fully saturated rings.